The molecule has 2 aromatic heterocycles. The van der Waals surface area contributed by atoms with Gasteiger partial charge in [-0.3, -0.25) is 4.57 Å². The van der Waals surface area contributed by atoms with Crippen LogP contribution < -0.4 is 10.1 Å². The Balaban J connectivity index is 1.10. The van der Waals surface area contributed by atoms with Gasteiger partial charge in [0.15, 0.2) is 0 Å². The monoisotopic (exact) mass is 680 g/mol. The number of fused-ring (bicyclic) bond motifs is 4. The Morgan fingerprint density at radius 2 is 1.24 bits per heavy atom. The molecule has 0 spiro atoms. The van der Waals surface area contributed by atoms with Gasteiger partial charge in [0.25, 0.3) is 0 Å². The molecule has 248 valence electrons. The van der Waals surface area contributed by atoms with Gasteiger partial charge in [-0.25, -0.2) is 10.0 Å². The summed E-state index contributed by atoms with van der Waals surface area (Å²) in [5, 5.41) is 6.32. The van der Waals surface area contributed by atoms with Crippen LogP contribution in [0.3, 0.4) is 0 Å². The molecule has 9 rings (SSSR count). The van der Waals surface area contributed by atoms with Gasteiger partial charge in [-0.1, -0.05) is 109 Å². The molecule has 0 N–H and O–H groups in total. The van der Waals surface area contributed by atoms with Crippen molar-refractivity contribution in [3.8, 4) is 28.1 Å². The Morgan fingerprint density at radius 1 is 0.549 bits per heavy atom. The predicted octanol–water partition coefficient (Wildman–Crippen LogP) is 12.3. The van der Waals surface area contributed by atoms with E-state index in [0.717, 1.165) is 49.3 Å². The van der Waals surface area contributed by atoms with Crippen LogP contribution in [-0.2, 0) is 4.94 Å². The molecule has 0 fully saturated rings. The number of benzene rings is 6. The molecule has 0 amide bonds. The third kappa shape index (κ3) is 5.63. The molecule has 0 saturated heterocycles. The minimum atomic E-state index is -0.204. The molecule has 6 heteroatoms. The topological polar surface area (TPSA) is 33.5 Å². The fraction of sp³-hybridized carbons (Fsp3) is 0.0889. The zero-order valence-corrected chi connectivity index (χ0v) is 29.5. The number of hydrogen-bond acceptors (Lipinski definition) is 5. The van der Waals surface area contributed by atoms with E-state index in [1.54, 1.807) is 11.8 Å². The standard InChI is InChI=1S/C45H36N4OS/c1-45(2,3)49-42-23-12-11-22-41(42)48(50-49)33-16-13-17-34(29-33)51-35-24-25-39-38-20-9-10-21-40(38)47(43(39)30-35)44-28-32(26-27-46-44)37-19-8-7-18-36(37)31-14-5-4-6-15-31/h4-30H,1-3H3. The smallest absolute Gasteiger partial charge is 0.138 e. The van der Waals surface area contributed by atoms with Crippen molar-refractivity contribution in [3.05, 3.63) is 164 Å². The lowest BCUT2D eigenvalue weighted by molar-refractivity contribution is 0.0842. The van der Waals surface area contributed by atoms with E-state index in [-0.39, 0.29) is 5.54 Å². The summed E-state index contributed by atoms with van der Waals surface area (Å²) >= 11 is 1.75. The predicted molar refractivity (Wildman–Crippen MR) is 212 cm³/mol. The summed E-state index contributed by atoms with van der Waals surface area (Å²) in [6.07, 6.45) is 1.93. The Labute approximate surface area is 302 Å². The second-order valence-electron chi connectivity index (χ2n) is 13.8. The van der Waals surface area contributed by atoms with Crippen LogP contribution in [0.25, 0.3) is 49.9 Å². The maximum atomic E-state index is 6.46. The van der Waals surface area contributed by atoms with E-state index in [1.165, 1.54) is 27.5 Å². The quantitative estimate of drug-likeness (QED) is 0.175. The minimum absolute atomic E-state index is 0.204. The molecule has 3 heterocycles. The summed E-state index contributed by atoms with van der Waals surface area (Å²) in [7, 11) is 0. The first-order chi connectivity index (χ1) is 24.9. The summed E-state index contributed by atoms with van der Waals surface area (Å²) in [5.74, 6) is 0.888. The second kappa shape index (κ2) is 12.5. The van der Waals surface area contributed by atoms with Crippen molar-refractivity contribution in [2.45, 2.75) is 36.1 Å². The fourth-order valence-electron chi connectivity index (χ4n) is 7.03. The third-order valence-corrected chi connectivity index (χ3v) is 10.3. The van der Waals surface area contributed by atoms with E-state index in [0.29, 0.717) is 0 Å². The summed E-state index contributed by atoms with van der Waals surface area (Å²) in [6.45, 7) is 6.47. The van der Waals surface area contributed by atoms with Gasteiger partial charge < -0.3 is 0 Å². The van der Waals surface area contributed by atoms with Crippen molar-refractivity contribution >= 4 is 50.6 Å². The van der Waals surface area contributed by atoms with Crippen LogP contribution in [0.4, 0.5) is 17.1 Å². The second-order valence-corrected chi connectivity index (χ2v) is 14.9. The molecule has 0 unspecified atom stereocenters. The summed E-state index contributed by atoms with van der Waals surface area (Å²) < 4.78 is 2.30. The summed E-state index contributed by atoms with van der Waals surface area (Å²) in [5.41, 5.74) is 9.82. The van der Waals surface area contributed by atoms with Crippen molar-refractivity contribution in [3.63, 3.8) is 0 Å². The first-order valence-electron chi connectivity index (χ1n) is 17.2. The van der Waals surface area contributed by atoms with Crippen molar-refractivity contribution in [1.82, 2.24) is 9.55 Å². The zero-order chi connectivity index (χ0) is 34.5. The van der Waals surface area contributed by atoms with Crippen molar-refractivity contribution in [1.29, 1.82) is 0 Å². The molecule has 1 aliphatic heterocycles. The molecule has 6 aromatic carbocycles. The molecular weight excluding hydrogens is 645 g/mol. The maximum absolute atomic E-state index is 6.46. The molecule has 0 saturated carbocycles. The normalized spacial score (nSPS) is 12.9. The van der Waals surface area contributed by atoms with Gasteiger partial charge in [0.1, 0.15) is 5.82 Å². The molecule has 0 bridgehead atoms. The van der Waals surface area contributed by atoms with Gasteiger partial charge >= 0.3 is 0 Å². The van der Waals surface area contributed by atoms with Crippen LogP contribution in [0.15, 0.2) is 174 Å². The van der Waals surface area contributed by atoms with Crippen molar-refractivity contribution in [2.75, 3.05) is 10.1 Å². The number of hydroxylamine groups is 1. The number of anilines is 3. The van der Waals surface area contributed by atoms with E-state index in [1.807, 2.05) is 16.3 Å². The molecule has 51 heavy (non-hydrogen) atoms. The van der Waals surface area contributed by atoms with Crippen LogP contribution in [-0.4, -0.2) is 15.1 Å². The van der Waals surface area contributed by atoms with E-state index in [4.69, 9.17) is 9.92 Å². The average Bonchev–Trinajstić information content (AvgIpc) is 3.72. The van der Waals surface area contributed by atoms with Gasteiger partial charge in [-0.05, 0) is 104 Å². The lowest BCUT2D eigenvalue weighted by Crippen LogP contribution is -2.41. The maximum Gasteiger partial charge on any atom is 0.138 e. The van der Waals surface area contributed by atoms with Gasteiger partial charge in [0.05, 0.1) is 33.6 Å². The molecule has 1 aliphatic rings. The van der Waals surface area contributed by atoms with E-state index >= 15 is 0 Å². The zero-order valence-electron chi connectivity index (χ0n) is 28.7. The van der Waals surface area contributed by atoms with Crippen LogP contribution in [0.5, 0.6) is 0 Å². The summed E-state index contributed by atoms with van der Waals surface area (Å²) in [4.78, 5) is 13.7. The SMILES string of the molecule is CC(C)(C)N1ON(c2cccc(Sc3ccc4c5ccccc5n(-c5cc(-c6ccccc6-c6ccccc6)ccn5)c4c3)c2)c2ccccc21. The number of nitrogens with zero attached hydrogens (tertiary/aromatic N) is 4. The van der Waals surface area contributed by atoms with Crippen LogP contribution in [0.2, 0.25) is 0 Å². The molecular formula is C45H36N4OS. The highest BCUT2D eigenvalue weighted by atomic mass is 32.2. The molecule has 0 atom stereocenters. The van der Waals surface area contributed by atoms with Gasteiger partial charge in [0.2, 0.25) is 0 Å². The summed E-state index contributed by atoms with van der Waals surface area (Å²) in [6, 6.07) is 55.8. The molecule has 0 radical (unpaired) electrons. The Morgan fingerprint density at radius 3 is 2.06 bits per heavy atom. The van der Waals surface area contributed by atoms with Crippen LogP contribution in [0, 0.1) is 0 Å². The average molecular weight is 681 g/mol. The Hall–Kier alpha value is -5.82. The van der Waals surface area contributed by atoms with Crippen LogP contribution in [0.1, 0.15) is 20.8 Å². The van der Waals surface area contributed by atoms with Gasteiger partial charge in [-0.15, -0.1) is 4.94 Å². The number of para-hydroxylation sites is 3. The number of pyridine rings is 1. The van der Waals surface area contributed by atoms with E-state index in [9.17, 15) is 0 Å². The molecule has 8 aromatic rings. The highest BCUT2D eigenvalue weighted by Crippen LogP contribution is 2.45. The first-order valence-corrected chi connectivity index (χ1v) is 18.0. The highest BCUT2D eigenvalue weighted by Gasteiger charge is 2.35. The minimum Gasteiger partial charge on any atom is -0.294 e. The number of aromatic nitrogens is 2. The Bertz CT molecular complexity index is 2550. The third-order valence-electron chi connectivity index (χ3n) is 9.32. The van der Waals surface area contributed by atoms with E-state index in [2.05, 4.69) is 183 Å². The van der Waals surface area contributed by atoms with Crippen molar-refractivity contribution in [2.24, 2.45) is 0 Å². The number of rotatable bonds is 6. The van der Waals surface area contributed by atoms with Crippen molar-refractivity contribution < 1.29 is 4.94 Å². The largest absolute Gasteiger partial charge is 0.294 e. The first kappa shape index (κ1) is 31.2. The van der Waals surface area contributed by atoms with Gasteiger partial charge in [0, 0.05) is 26.8 Å². The van der Waals surface area contributed by atoms with Crippen LogP contribution >= 0.6 is 11.8 Å². The lowest BCUT2D eigenvalue weighted by atomic mass is 9.95. The molecule has 5 nitrogen and oxygen atoms in total. The lowest BCUT2D eigenvalue weighted by Gasteiger charge is -2.31. The molecule has 0 aliphatic carbocycles. The highest BCUT2D eigenvalue weighted by molar-refractivity contribution is 7.99. The van der Waals surface area contributed by atoms with Gasteiger partial charge in [-0.2, -0.15) is 5.06 Å². The number of hydrogen-bond donors (Lipinski definition) is 0. The van der Waals surface area contributed by atoms with E-state index < -0.39 is 0 Å². The fourth-order valence-corrected chi connectivity index (χ4v) is 7.93. The Kier molecular flexibility index (Phi) is 7.64.